The molecule has 4 heteroatoms. The van der Waals surface area contributed by atoms with E-state index in [0.29, 0.717) is 0 Å². The molecule has 0 saturated heterocycles. The summed E-state index contributed by atoms with van der Waals surface area (Å²) >= 11 is 0. The lowest BCUT2D eigenvalue weighted by atomic mass is 10.1. The molecule has 0 aromatic heterocycles. The second-order valence-electron chi connectivity index (χ2n) is 4.29. The van der Waals surface area contributed by atoms with Crippen molar-refractivity contribution in [3.63, 3.8) is 0 Å². The predicted octanol–water partition coefficient (Wildman–Crippen LogP) is 4.47. The molecule has 0 fully saturated rings. The number of nitrogens with zero attached hydrogens (tertiary/aromatic N) is 1. The number of hydrogen-bond acceptors (Lipinski definition) is 2. The maximum atomic E-state index is 13.3. The number of halogens is 2. The minimum Gasteiger partial charge on any atom is -0.276 e. The quantitative estimate of drug-likeness (QED) is 0.644. The molecule has 0 saturated carbocycles. The zero-order chi connectivity index (χ0) is 14.4. The van der Waals surface area contributed by atoms with E-state index < -0.39 is 11.6 Å². The molecule has 0 aliphatic rings. The Morgan fingerprint density at radius 2 is 1.85 bits per heavy atom. The highest BCUT2D eigenvalue weighted by Gasteiger charge is 2.01. The van der Waals surface area contributed by atoms with Gasteiger partial charge in [0.25, 0.3) is 0 Å². The maximum absolute atomic E-state index is 13.3. The summed E-state index contributed by atoms with van der Waals surface area (Å²) in [6, 6.07) is 13.1. The van der Waals surface area contributed by atoms with Crippen molar-refractivity contribution >= 4 is 18.0 Å². The van der Waals surface area contributed by atoms with Crippen LogP contribution in [0.15, 0.2) is 59.2 Å². The molecule has 2 nitrogen and oxygen atoms in total. The van der Waals surface area contributed by atoms with Crippen molar-refractivity contribution in [2.24, 2.45) is 5.10 Å². The molecule has 0 aliphatic carbocycles. The van der Waals surface area contributed by atoms with Crippen molar-refractivity contribution < 1.29 is 8.78 Å². The van der Waals surface area contributed by atoms with Crippen molar-refractivity contribution in [3.05, 3.63) is 71.3 Å². The molecule has 0 aliphatic heterocycles. The standard InChI is InChI=1S/C16H14F2N2/c1-12(9-13-5-3-2-4-6-13)11-19-20-16-8-7-14(17)10-15(16)18/h2-11,20H,1H3/b12-9-,19-11+. The Morgan fingerprint density at radius 1 is 1.10 bits per heavy atom. The lowest BCUT2D eigenvalue weighted by molar-refractivity contribution is 0.585. The normalized spacial score (nSPS) is 11.8. The summed E-state index contributed by atoms with van der Waals surface area (Å²) in [5.74, 6) is -1.29. The first kappa shape index (κ1) is 13.9. The number of nitrogens with one attached hydrogen (secondary N) is 1. The average Bonchev–Trinajstić information content (AvgIpc) is 2.42. The molecule has 0 amide bonds. The van der Waals surface area contributed by atoms with E-state index in [1.54, 1.807) is 6.21 Å². The van der Waals surface area contributed by atoms with Crippen LogP contribution in [0.25, 0.3) is 6.08 Å². The first-order valence-electron chi connectivity index (χ1n) is 6.12. The highest BCUT2D eigenvalue weighted by molar-refractivity contribution is 5.85. The van der Waals surface area contributed by atoms with Gasteiger partial charge in [0, 0.05) is 6.07 Å². The molecule has 102 valence electrons. The monoisotopic (exact) mass is 272 g/mol. The number of anilines is 1. The van der Waals surface area contributed by atoms with E-state index in [2.05, 4.69) is 10.5 Å². The summed E-state index contributed by atoms with van der Waals surface area (Å²) in [6.45, 7) is 1.89. The van der Waals surface area contributed by atoms with Gasteiger partial charge in [-0.05, 0) is 30.2 Å². The number of hydrazone groups is 1. The molecular formula is C16H14F2N2. The zero-order valence-electron chi connectivity index (χ0n) is 11.0. The van der Waals surface area contributed by atoms with E-state index in [-0.39, 0.29) is 5.69 Å². The van der Waals surface area contributed by atoms with Crippen LogP contribution in [-0.4, -0.2) is 6.21 Å². The van der Waals surface area contributed by atoms with Gasteiger partial charge < -0.3 is 0 Å². The van der Waals surface area contributed by atoms with E-state index in [1.807, 2.05) is 43.3 Å². The van der Waals surface area contributed by atoms with Crippen LogP contribution in [0.1, 0.15) is 12.5 Å². The maximum Gasteiger partial charge on any atom is 0.151 e. The second-order valence-corrected chi connectivity index (χ2v) is 4.29. The van der Waals surface area contributed by atoms with Gasteiger partial charge in [0.15, 0.2) is 5.82 Å². The molecule has 20 heavy (non-hydrogen) atoms. The molecule has 0 radical (unpaired) electrons. The van der Waals surface area contributed by atoms with Gasteiger partial charge in [-0.15, -0.1) is 0 Å². The van der Waals surface area contributed by atoms with Crippen LogP contribution in [-0.2, 0) is 0 Å². The second kappa shape index (κ2) is 6.61. The fourth-order valence-corrected chi connectivity index (χ4v) is 1.63. The summed E-state index contributed by atoms with van der Waals surface area (Å²) in [5.41, 5.74) is 4.65. The average molecular weight is 272 g/mol. The molecule has 2 rings (SSSR count). The van der Waals surface area contributed by atoms with Crippen LogP contribution in [0.4, 0.5) is 14.5 Å². The van der Waals surface area contributed by atoms with Crippen molar-refractivity contribution in [2.75, 3.05) is 5.43 Å². The zero-order valence-corrected chi connectivity index (χ0v) is 11.0. The number of hydrogen-bond donors (Lipinski definition) is 1. The summed E-state index contributed by atoms with van der Waals surface area (Å²) in [5, 5.41) is 3.92. The third-order valence-corrected chi connectivity index (χ3v) is 2.58. The first-order chi connectivity index (χ1) is 9.65. The highest BCUT2D eigenvalue weighted by Crippen LogP contribution is 2.14. The van der Waals surface area contributed by atoms with Gasteiger partial charge in [-0.2, -0.15) is 5.10 Å². The molecular weight excluding hydrogens is 258 g/mol. The van der Waals surface area contributed by atoms with Gasteiger partial charge in [0.1, 0.15) is 5.82 Å². The highest BCUT2D eigenvalue weighted by atomic mass is 19.1. The van der Waals surface area contributed by atoms with Gasteiger partial charge in [-0.1, -0.05) is 36.4 Å². The molecule has 2 aromatic carbocycles. The molecule has 0 atom stereocenters. The summed E-state index contributed by atoms with van der Waals surface area (Å²) in [6.07, 6.45) is 3.53. The third-order valence-electron chi connectivity index (χ3n) is 2.58. The topological polar surface area (TPSA) is 24.4 Å². The summed E-state index contributed by atoms with van der Waals surface area (Å²) in [4.78, 5) is 0. The Kier molecular flexibility index (Phi) is 4.60. The number of rotatable bonds is 4. The molecule has 1 N–H and O–H groups in total. The molecule has 0 unspecified atom stereocenters. The van der Waals surface area contributed by atoms with Crippen LogP contribution in [0.3, 0.4) is 0 Å². The van der Waals surface area contributed by atoms with Crippen LogP contribution < -0.4 is 5.43 Å². The number of benzene rings is 2. The van der Waals surface area contributed by atoms with Gasteiger partial charge >= 0.3 is 0 Å². The lowest BCUT2D eigenvalue weighted by Gasteiger charge is -2.01. The summed E-state index contributed by atoms with van der Waals surface area (Å²) < 4.78 is 26.1. The smallest absolute Gasteiger partial charge is 0.151 e. The molecule has 0 bridgehead atoms. The van der Waals surface area contributed by atoms with Crippen molar-refractivity contribution in [3.8, 4) is 0 Å². The van der Waals surface area contributed by atoms with Crippen molar-refractivity contribution in [2.45, 2.75) is 6.92 Å². The third kappa shape index (κ3) is 4.02. The van der Waals surface area contributed by atoms with E-state index in [4.69, 9.17) is 0 Å². The minimum atomic E-state index is -0.674. The molecule has 0 spiro atoms. The SMILES string of the molecule is CC(=C/c1ccccc1)/C=N/Nc1ccc(F)cc1F. The Balaban J connectivity index is 2.01. The Hall–Kier alpha value is -2.49. The van der Waals surface area contributed by atoms with E-state index in [9.17, 15) is 8.78 Å². The Morgan fingerprint density at radius 3 is 2.55 bits per heavy atom. The van der Waals surface area contributed by atoms with Crippen LogP contribution in [0, 0.1) is 11.6 Å². The fraction of sp³-hybridized carbons (Fsp3) is 0.0625. The van der Waals surface area contributed by atoms with E-state index in [1.165, 1.54) is 12.1 Å². The first-order valence-corrected chi connectivity index (χ1v) is 6.12. The van der Waals surface area contributed by atoms with Crippen molar-refractivity contribution in [1.29, 1.82) is 0 Å². The minimum absolute atomic E-state index is 0.134. The fourth-order valence-electron chi connectivity index (χ4n) is 1.63. The van der Waals surface area contributed by atoms with Crippen LogP contribution in [0.2, 0.25) is 0 Å². The Labute approximate surface area is 116 Å². The molecule has 2 aromatic rings. The predicted molar refractivity (Wildman–Crippen MR) is 78.6 cm³/mol. The van der Waals surface area contributed by atoms with Gasteiger partial charge in [-0.25, -0.2) is 8.78 Å². The van der Waals surface area contributed by atoms with Crippen LogP contribution in [0.5, 0.6) is 0 Å². The van der Waals surface area contributed by atoms with E-state index in [0.717, 1.165) is 17.2 Å². The van der Waals surface area contributed by atoms with Gasteiger partial charge in [-0.3, -0.25) is 5.43 Å². The molecule has 0 heterocycles. The summed E-state index contributed by atoms with van der Waals surface area (Å²) in [7, 11) is 0. The number of allylic oxidation sites excluding steroid dienone is 1. The van der Waals surface area contributed by atoms with Crippen molar-refractivity contribution in [1.82, 2.24) is 0 Å². The largest absolute Gasteiger partial charge is 0.276 e. The van der Waals surface area contributed by atoms with E-state index >= 15 is 0 Å². The van der Waals surface area contributed by atoms with Gasteiger partial charge in [0.05, 0.1) is 11.9 Å². The van der Waals surface area contributed by atoms with Gasteiger partial charge in [0.2, 0.25) is 0 Å². The lowest BCUT2D eigenvalue weighted by Crippen LogP contribution is -1.94. The van der Waals surface area contributed by atoms with Crippen LogP contribution >= 0.6 is 0 Å². The Bertz CT molecular complexity index is 634.